The quantitative estimate of drug-likeness (QED) is 0.622. The van der Waals surface area contributed by atoms with Gasteiger partial charge in [-0.2, -0.15) is 4.98 Å². The molecule has 0 aliphatic rings. The molecule has 2 N–H and O–H groups in total. The van der Waals surface area contributed by atoms with E-state index in [1.807, 2.05) is 30.5 Å². The summed E-state index contributed by atoms with van der Waals surface area (Å²) in [6.45, 7) is 1.54. The topological polar surface area (TPSA) is 62.7 Å². The Kier molecular flexibility index (Phi) is 5.72. The maximum Gasteiger partial charge on any atom is 0.224 e. The van der Waals surface area contributed by atoms with E-state index in [0.717, 1.165) is 30.8 Å². The van der Waals surface area contributed by atoms with Crippen LogP contribution in [0.3, 0.4) is 0 Å². The molecule has 0 radical (unpaired) electrons. The zero-order chi connectivity index (χ0) is 16.5. The minimum atomic E-state index is 0.618. The van der Waals surface area contributed by atoms with E-state index in [9.17, 15) is 0 Å². The fraction of sp³-hybridized carbons (Fsp3) is 0.211. The predicted molar refractivity (Wildman–Crippen MR) is 96.8 cm³/mol. The minimum Gasteiger partial charge on any atom is -0.370 e. The van der Waals surface area contributed by atoms with E-state index >= 15 is 0 Å². The molecule has 24 heavy (non-hydrogen) atoms. The molecule has 5 nitrogen and oxygen atoms in total. The number of hydrogen-bond donors (Lipinski definition) is 2. The molecule has 0 spiro atoms. The second kappa shape index (κ2) is 8.62. The molecule has 122 valence electrons. The van der Waals surface area contributed by atoms with E-state index in [1.165, 1.54) is 5.56 Å². The molecule has 0 amide bonds. The summed E-state index contributed by atoms with van der Waals surface area (Å²) in [6.07, 6.45) is 7.48. The maximum absolute atomic E-state index is 4.48. The van der Waals surface area contributed by atoms with Crippen molar-refractivity contribution in [3.8, 4) is 0 Å². The average molecular weight is 319 g/mol. The Morgan fingerprint density at radius 1 is 0.833 bits per heavy atom. The highest BCUT2D eigenvalue weighted by Gasteiger charge is 2.00. The Balaban J connectivity index is 1.45. The Morgan fingerprint density at radius 2 is 1.71 bits per heavy atom. The van der Waals surface area contributed by atoms with Crippen LogP contribution in [0.4, 0.5) is 11.8 Å². The molecule has 5 heteroatoms. The van der Waals surface area contributed by atoms with Crippen molar-refractivity contribution in [1.29, 1.82) is 0 Å². The van der Waals surface area contributed by atoms with Crippen molar-refractivity contribution in [1.82, 2.24) is 15.0 Å². The molecule has 0 aliphatic heterocycles. The smallest absolute Gasteiger partial charge is 0.224 e. The molecule has 0 unspecified atom stereocenters. The first-order chi connectivity index (χ1) is 11.9. The van der Waals surface area contributed by atoms with Gasteiger partial charge in [-0.3, -0.25) is 4.98 Å². The van der Waals surface area contributed by atoms with Crippen molar-refractivity contribution < 1.29 is 0 Å². The van der Waals surface area contributed by atoms with E-state index in [4.69, 9.17) is 0 Å². The summed E-state index contributed by atoms with van der Waals surface area (Å²) in [7, 11) is 0. The summed E-state index contributed by atoms with van der Waals surface area (Å²) >= 11 is 0. The molecule has 0 bridgehead atoms. The first-order valence-electron chi connectivity index (χ1n) is 8.14. The van der Waals surface area contributed by atoms with Crippen LogP contribution in [0.25, 0.3) is 0 Å². The maximum atomic E-state index is 4.48. The average Bonchev–Trinajstić information content (AvgIpc) is 2.66. The molecule has 2 aromatic heterocycles. The highest BCUT2D eigenvalue weighted by Crippen LogP contribution is 2.08. The molecule has 3 aromatic rings. The number of aromatic nitrogens is 3. The van der Waals surface area contributed by atoms with Gasteiger partial charge in [0.25, 0.3) is 0 Å². The van der Waals surface area contributed by atoms with E-state index in [1.54, 1.807) is 12.4 Å². The normalized spacial score (nSPS) is 10.3. The van der Waals surface area contributed by atoms with Crippen LogP contribution >= 0.6 is 0 Å². The SMILES string of the molecule is c1ccc(CCCNc2ccnc(NCc3cccnc3)n2)cc1. The third kappa shape index (κ3) is 5.05. The van der Waals surface area contributed by atoms with Gasteiger partial charge in [0.2, 0.25) is 5.95 Å². The van der Waals surface area contributed by atoms with Gasteiger partial charge in [-0.15, -0.1) is 0 Å². The Bertz CT molecular complexity index is 731. The summed E-state index contributed by atoms with van der Waals surface area (Å²) in [5.74, 6) is 1.46. The lowest BCUT2D eigenvalue weighted by Gasteiger charge is -2.08. The van der Waals surface area contributed by atoms with Crippen LogP contribution in [0, 0.1) is 0 Å². The molecule has 2 heterocycles. The van der Waals surface area contributed by atoms with Gasteiger partial charge in [0.15, 0.2) is 0 Å². The fourth-order valence-electron chi connectivity index (χ4n) is 2.38. The Hall–Kier alpha value is -2.95. The number of pyridine rings is 1. The molecule has 0 saturated heterocycles. The third-order valence-electron chi connectivity index (χ3n) is 3.62. The fourth-order valence-corrected chi connectivity index (χ4v) is 2.38. The van der Waals surface area contributed by atoms with Crippen LogP contribution in [0.2, 0.25) is 0 Å². The zero-order valence-electron chi connectivity index (χ0n) is 13.5. The Labute approximate surface area is 142 Å². The number of aryl methyl sites for hydroxylation is 1. The molecule has 0 fully saturated rings. The summed E-state index contributed by atoms with van der Waals surface area (Å²) in [4.78, 5) is 12.8. The van der Waals surface area contributed by atoms with Gasteiger partial charge >= 0.3 is 0 Å². The van der Waals surface area contributed by atoms with Crippen LogP contribution in [-0.4, -0.2) is 21.5 Å². The van der Waals surface area contributed by atoms with Crippen LogP contribution in [0.5, 0.6) is 0 Å². The lowest BCUT2D eigenvalue weighted by Crippen LogP contribution is -2.08. The van der Waals surface area contributed by atoms with Gasteiger partial charge in [-0.1, -0.05) is 36.4 Å². The van der Waals surface area contributed by atoms with Crippen LogP contribution in [0.15, 0.2) is 67.1 Å². The number of benzene rings is 1. The second-order valence-corrected chi connectivity index (χ2v) is 5.50. The highest BCUT2D eigenvalue weighted by atomic mass is 15.1. The summed E-state index contributed by atoms with van der Waals surface area (Å²) in [5, 5.41) is 6.57. The summed E-state index contributed by atoms with van der Waals surface area (Å²) < 4.78 is 0. The predicted octanol–water partition coefficient (Wildman–Crippen LogP) is 3.53. The van der Waals surface area contributed by atoms with Gasteiger partial charge in [0.05, 0.1) is 0 Å². The van der Waals surface area contributed by atoms with Crippen molar-refractivity contribution in [2.75, 3.05) is 17.2 Å². The molecule has 0 atom stereocenters. The van der Waals surface area contributed by atoms with Gasteiger partial charge in [0, 0.05) is 31.7 Å². The molecule has 1 aromatic carbocycles. The number of hydrogen-bond acceptors (Lipinski definition) is 5. The van der Waals surface area contributed by atoms with Crippen molar-refractivity contribution in [2.24, 2.45) is 0 Å². The first kappa shape index (κ1) is 15.9. The zero-order valence-corrected chi connectivity index (χ0v) is 13.5. The van der Waals surface area contributed by atoms with Crippen molar-refractivity contribution in [3.05, 3.63) is 78.2 Å². The summed E-state index contributed by atoms with van der Waals surface area (Å²) in [5.41, 5.74) is 2.46. The van der Waals surface area contributed by atoms with E-state index in [2.05, 4.69) is 49.9 Å². The monoisotopic (exact) mass is 319 g/mol. The number of nitrogens with zero attached hydrogens (tertiary/aromatic N) is 3. The van der Waals surface area contributed by atoms with Gasteiger partial charge < -0.3 is 10.6 Å². The number of nitrogens with one attached hydrogen (secondary N) is 2. The number of anilines is 2. The lowest BCUT2D eigenvalue weighted by atomic mass is 10.1. The van der Waals surface area contributed by atoms with E-state index < -0.39 is 0 Å². The molecule has 0 aliphatic carbocycles. The molecule has 0 saturated carbocycles. The first-order valence-corrected chi connectivity index (χ1v) is 8.14. The van der Waals surface area contributed by atoms with Gasteiger partial charge in [0.1, 0.15) is 5.82 Å². The summed E-state index contributed by atoms with van der Waals surface area (Å²) in [6, 6.07) is 16.3. The van der Waals surface area contributed by atoms with Crippen LogP contribution in [0.1, 0.15) is 17.5 Å². The Morgan fingerprint density at radius 3 is 2.54 bits per heavy atom. The second-order valence-electron chi connectivity index (χ2n) is 5.50. The standard InChI is InChI=1S/C19H21N5/c1-2-6-16(7-3-1)8-5-12-21-18-10-13-22-19(24-18)23-15-17-9-4-11-20-14-17/h1-4,6-7,9-11,13-14H,5,8,12,15H2,(H2,21,22,23,24). The van der Waals surface area contributed by atoms with Crippen molar-refractivity contribution in [2.45, 2.75) is 19.4 Å². The van der Waals surface area contributed by atoms with Gasteiger partial charge in [-0.25, -0.2) is 4.98 Å². The van der Waals surface area contributed by atoms with E-state index in [0.29, 0.717) is 12.5 Å². The molecular weight excluding hydrogens is 298 g/mol. The lowest BCUT2D eigenvalue weighted by molar-refractivity contribution is 0.857. The molecule has 3 rings (SSSR count). The van der Waals surface area contributed by atoms with E-state index in [-0.39, 0.29) is 0 Å². The number of rotatable bonds is 8. The third-order valence-corrected chi connectivity index (χ3v) is 3.62. The van der Waals surface area contributed by atoms with Crippen LogP contribution in [-0.2, 0) is 13.0 Å². The van der Waals surface area contributed by atoms with Crippen LogP contribution < -0.4 is 10.6 Å². The van der Waals surface area contributed by atoms with Crippen molar-refractivity contribution >= 4 is 11.8 Å². The van der Waals surface area contributed by atoms with Gasteiger partial charge in [-0.05, 0) is 36.1 Å². The largest absolute Gasteiger partial charge is 0.370 e. The van der Waals surface area contributed by atoms with Crippen molar-refractivity contribution in [3.63, 3.8) is 0 Å². The molecular formula is C19H21N5. The minimum absolute atomic E-state index is 0.618. The highest BCUT2D eigenvalue weighted by molar-refractivity contribution is 5.39.